The van der Waals surface area contributed by atoms with E-state index in [1.165, 1.54) is 0 Å². The Morgan fingerprint density at radius 2 is 2.33 bits per heavy atom. The van der Waals surface area contributed by atoms with Gasteiger partial charge in [-0.15, -0.1) is 0 Å². The van der Waals surface area contributed by atoms with Gasteiger partial charge in [0.2, 0.25) is 0 Å². The van der Waals surface area contributed by atoms with Gasteiger partial charge in [0.1, 0.15) is 0 Å². The summed E-state index contributed by atoms with van der Waals surface area (Å²) >= 11 is 0. The summed E-state index contributed by atoms with van der Waals surface area (Å²) in [6.07, 6.45) is -1.14. The van der Waals surface area contributed by atoms with Crippen molar-refractivity contribution in [3.8, 4) is 0 Å². The van der Waals surface area contributed by atoms with Crippen LogP contribution in [0, 0.1) is 5.82 Å². The number of aromatic nitrogens is 2. The number of halogens is 1. The number of hydrogen-bond donors (Lipinski definition) is 2. The fourth-order valence-electron chi connectivity index (χ4n) is 0.582. The van der Waals surface area contributed by atoms with E-state index in [9.17, 15) is 14.0 Å². The first-order chi connectivity index (χ1) is 5.52. The van der Waals surface area contributed by atoms with Crippen LogP contribution in [0.5, 0.6) is 0 Å². The second-order valence-corrected chi connectivity index (χ2v) is 1.91. The molecule has 12 heavy (non-hydrogen) atoms. The summed E-state index contributed by atoms with van der Waals surface area (Å²) in [7, 11) is 0. The largest absolute Gasteiger partial charge is 0.464 e. The Balaban J connectivity index is 3.43. The minimum absolute atomic E-state index is 0.103. The minimum atomic E-state index is -1.61. The highest BCUT2D eigenvalue weighted by atomic mass is 19.1. The topological polar surface area (TPSA) is 98.2 Å². The molecular formula is C5H4FN3O3. The second-order valence-electron chi connectivity index (χ2n) is 1.91. The third-order valence-electron chi connectivity index (χ3n) is 1.12. The molecule has 1 aromatic heterocycles. The van der Waals surface area contributed by atoms with Crippen LogP contribution in [-0.4, -0.2) is 20.8 Å². The lowest BCUT2D eigenvalue weighted by Crippen LogP contribution is -2.29. The molecule has 0 aliphatic rings. The standard InChI is InChI=1S/C5H4FN3O3/c6-2-1-9(5(11)12)4(10)8-3(2)7/h1H,(H,11,12)(H2,7,8,10). The molecular weight excluding hydrogens is 169 g/mol. The molecule has 0 atom stereocenters. The predicted molar refractivity (Wildman–Crippen MR) is 36.3 cm³/mol. The van der Waals surface area contributed by atoms with Gasteiger partial charge in [-0.3, -0.25) is 0 Å². The van der Waals surface area contributed by atoms with Gasteiger partial charge in [0, 0.05) is 0 Å². The van der Waals surface area contributed by atoms with Crippen LogP contribution in [-0.2, 0) is 0 Å². The highest BCUT2D eigenvalue weighted by Gasteiger charge is 2.09. The van der Waals surface area contributed by atoms with Crippen LogP contribution in [0.3, 0.4) is 0 Å². The Labute approximate surface area is 65.1 Å². The fourth-order valence-corrected chi connectivity index (χ4v) is 0.582. The van der Waals surface area contributed by atoms with Crippen LogP contribution in [0.25, 0.3) is 0 Å². The monoisotopic (exact) mass is 173 g/mol. The van der Waals surface area contributed by atoms with Crippen molar-refractivity contribution in [1.29, 1.82) is 0 Å². The highest BCUT2D eigenvalue weighted by Crippen LogP contribution is 1.99. The molecule has 0 bridgehead atoms. The third-order valence-corrected chi connectivity index (χ3v) is 1.12. The number of carbonyl (C=O) groups is 1. The molecule has 0 unspecified atom stereocenters. The molecule has 0 fully saturated rings. The second kappa shape index (κ2) is 2.61. The van der Waals surface area contributed by atoms with Crippen LogP contribution >= 0.6 is 0 Å². The molecule has 0 amide bonds. The summed E-state index contributed by atoms with van der Waals surface area (Å²) in [5.41, 5.74) is 3.77. The molecule has 0 saturated heterocycles. The number of carboxylic acid groups (broad SMARTS) is 1. The Morgan fingerprint density at radius 1 is 1.75 bits per heavy atom. The zero-order valence-electron chi connectivity index (χ0n) is 5.69. The molecule has 0 spiro atoms. The van der Waals surface area contributed by atoms with Gasteiger partial charge in [-0.2, -0.15) is 9.55 Å². The maximum Gasteiger partial charge on any atom is 0.419 e. The maximum absolute atomic E-state index is 12.5. The SMILES string of the molecule is Nc1nc(=O)n(C(=O)O)cc1F. The van der Waals surface area contributed by atoms with Crippen molar-refractivity contribution in [3.63, 3.8) is 0 Å². The van der Waals surface area contributed by atoms with E-state index in [0.717, 1.165) is 0 Å². The van der Waals surface area contributed by atoms with E-state index in [4.69, 9.17) is 10.8 Å². The van der Waals surface area contributed by atoms with Crippen molar-refractivity contribution >= 4 is 11.9 Å². The lowest BCUT2D eigenvalue weighted by atomic mass is 10.5. The fraction of sp³-hybridized carbons (Fsp3) is 0. The first-order valence-corrected chi connectivity index (χ1v) is 2.80. The van der Waals surface area contributed by atoms with Gasteiger partial charge in [0.05, 0.1) is 6.20 Å². The van der Waals surface area contributed by atoms with Gasteiger partial charge in [0.15, 0.2) is 11.6 Å². The molecule has 3 N–H and O–H groups in total. The number of nitrogen functional groups attached to an aromatic ring is 1. The van der Waals surface area contributed by atoms with Crippen LogP contribution < -0.4 is 11.4 Å². The summed E-state index contributed by atoms with van der Waals surface area (Å²) in [6.45, 7) is 0. The Bertz CT molecular complexity index is 386. The lowest BCUT2D eigenvalue weighted by molar-refractivity contribution is 0.194. The average molecular weight is 173 g/mol. The molecule has 64 valence electrons. The van der Waals surface area contributed by atoms with Gasteiger partial charge in [0.25, 0.3) is 0 Å². The van der Waals surface area contributed by atoms with Crippen molar-refractivity contribution in [1.82, 2.24) is 9.55 Å². The Kier molecular flexibility index (Phi) is 1.78. The predicted octanol–water partition coefficient (Wildman–Crippen LogP) is -0.509. The van der Waals surface area contributed by atoms with Gasteiger partial charge >= 0.3 is 11.8 Å². The van der Waals surface area contributed by atoms with Crippen molar-refractivity contribution in [2.45, 2.75) is 0 Å². The quantitative estimate of drug-likeness (QED) is 0.550. The Hall–Kier alpha value is -1.92. The molecule has 7 heteroatoms. The molecule has 6 nitrogen and oxygen atoms in total. The van der Waals surface area contributed by atoms with Crippen molar-refractivity contribution in [2.75, 3.05) is 5.73 Å². The van der Waals surface area contributed by atoms with Gasteiger partial charge < -0.3 is 10.8 Å². The third kappa shape index (κ3) is 1.24. The number of rotatable bonds is 0. The van der Waals surface area contributed by atoms with E-state index in [0.29, 0.717) is 6.20 Å². The summed E-state index contributed by atoms with van der Waals surface area (Å²) in [6, 6.07) is 0. The number of hydrogen-bond acceptors (Lipinski definition) is 4. The molecule has 0 aliphatic carbocycles. The van der Waals surface area contributed by atoms with Crippen molar-refractivity contribution in [2.24, 2.45) is 0 Å². The molecule has 0 saturated carbocycles. The summed E-state index contributed by atoms with van der Waals surface area (Å²) in [5, 5.41) is 8.30. The van der Waals surface area contributed by atoms with Gasteiger partial charge in [-0.05, 0) is 0 Å². The van der Waals surface area contributed by atoms with Crippen LogP contribution in [0.4, 0.5) is 15.0 Å². The van der Waals surface area contributed by atoms with Crippen molar-refractivity contribution in [3.05, 3.63) is 22.5 Å². The number of nitrogens with two attached hydrogens (primary N) is 1. The van der Waals surface area contributed by atoms with Gasteiger partial charge in [-0.1, -0.05) is 0 Å². The first kappa shape index (κ1) is 8.18. The molecule has 0 aromatic carbocycles. The zero-order valence-corrected chi connectivity index (χ0v) is 5.69. The molecule has 1 aromatic rings. The number of anilines is 1. The van der Waals surface area contributed by atoms with Crippen LogP contribution in [0.2, 0.25) is 0 Å². The van der Waals surface area contributed by atoms with Crippen LogP contribution in [0.1, 0.15) is 0 Å². The maximum atomic E-state index is 12.5. The molecule has 0 radical (unpaired) electrons. The van der Waals surface area contributed by atoms with Crippen LogP contribution in [0.15, 0.2) is 11.0 Å². The smallest absolute Gasteiger partial charge is 0.419 e. The van der Waals surface area contributed by atoms with Gasteiger partial charge in [-0.25, -0.2) is 14.0 Å². The minimum Gasteiger partial charge on any atom is -0.464 e. The first-order valence-electron chi connectivity index (χ1n) is 2.80. The molecule has 1 heterocycles. The highest BCUT2D eigenvalue weighted by molar-refractivity contribution is 5.67. The molecule has 1 rings (SSSR count). The van der Waals surface area contributed by atoms with E-state index in [-0.39, 0.29) is 4.57 Å². The summed E-state index contributed by atoms with van der Waals surface area (Å²) in [4.78, 5) is 23.8. The number of nitrogens with zero attached hydrogens (tertiary/aromatic N) is 2. The van der Waals surface area contributed by atoms with E-state index in [1.54, 1.807) is 0 Å². The zero-order chi connectivity index (χ0) is 9.30. The van der Waals surface area contributed by atoms with E-state index < -0.39 is 23.4 Å². The summed E-state index contributed by atoms with van der Waals surface area (Å²) in [5.74, 6) is -1.66. The van der Waals surface area contributed by atoms with E-state index in [2.05, 4.69) is 4.98 Å². The van der Waals surface area contributed by atoms with Crippen molar-refractivity contribution < 1.29 is 14.3 Å². The normalized spacial score (nSPS) is 9.75. The molecule has 0 aliphatic heterocycles. The van der Waals surface area contributed by atoms with E-state index in [1.807, 2.05) is 0 Å². The lowest BCUT2D eigenvalue weighted by Gasteiger charge is -1.98. The van der Waals surface area contributed by atoms with E-state index >= 15 is 0 Å². The average Bonchev–Trinajstić information content (AvgIpc) is 1.96. The Morgan fingerprint density at radius 3 is 2.83 bits per heavy atom. The summed E-state index contributed by atoms with van der Waals surface area (Å²) < 4.78 is 12.6.